The summed E-state index contributed by atoms with van der Waals surface area (Å²) in [4.78, 5) is 12.2. The summed E-state index contributed by atoms with van der Waals surface area (Å²) in [6.45, 7) is 1.98. The van der Waals surface area contributed by atoms with Crippen LogP contribution in [0, 0.1) is 5.92 Å². The van der Waals surface area contributed by atoms with Crippen LogP contribution in [-0.2, 0) is 4.79 Å². The van der Waals surface area contributed by atoms with Crippen LogP contribution in [0.3, 0.4) is 0 Å². The monoisotopic (exact) mass is 305 g/mol. The predicted molar refractivity (Wildman–Crippen MR) is 87.3 cm³/mol. The first kappa shape index (κ1) is 16.7. The first-order valence-corrected chi connectivity index (χ1v) is 8.15. The fourth-order valence-electron chi connectivity index (χ4n) is 3.20. The summed E-state index contributed by atoms with van der Waals surface area (Å²) in [5.74, 6) is 2.39. The van der Waals surface area contributed by atoms with E-state index in [1.54, 1.807) is 14.2 Å². The largest absolute Gasteiger partial charge is 0.497 e. The lowest BCUT2D eigenvalue weighted by Crippen LogP contribution is -2.27. The number of hydrogen-bond donors (Lipinski definition) is 1. The van der Waals surface area contributed by atoms with E-state index in [4.69, 9.17) is 9.47 Å². The minimum Gasteiger partial charge on any atom is -0.497 e. The van der Waals surface area contributed by atoms with Crippen molar-refractivity contribution in [3.8, 4) is 11.5 Å². The molecule has 1 amide bonds. The van der Waals surface area contributed by atoms with Crippen LogP contribution >= 0.6 is 0 Å². The molecule has 22 heavy (non-hydrogen) atoms. The van der Waals surface area contributed by atoms with Gasteiger partial charge in [-0.3, -0.25) is 4.79 Å². The van der Waals surface area contributed by atoms with Gasteiger partial charge in [0.05, 0.1) is 20.3 Å². The van der Waals surface area contributed by atoms with Gasteiger partial charge >= 0.3 is 0 Å². The van der Waals surface area contributed by atoms with Crippen molar-refractivity contribution in [2.45, 2.75) is 51.5 Å². The van der Waals surface area contributed by atoms with E-state index in [0.29, 0.717) is 6.42 Å². The topological polar surface area (TPSA) is 47.6 Å². The van der Waals surface area contributed by atoms with Crippen LogP contribution in [0.4, 0.5) is 0 Å². The molecule has 0 heterocycles. The highest BCUT2D eigenvalue weighted by molar-refractivity contribution is 5.76. The summed E-state index contributed by atoms with van der Waals surface area (Å²) in [7, 11) is 3.27. The first-order chi connectivity index (χ1) is 10.6. The minimum atomic E-state index is -0.0962. The van der Waals surface area contributed by atoms with Gasteiger partial charge in [-0.25, -0.2) is 0 Å². The lowest BCUT2D eigenvalue weighted by molar-refractivity contribution is -0.122. The Morgan fingerprint density at radius 3 is 2.64 bits per heavy atom. The Morgan fingerprint density at radius 1 is 1.27 bits per heavy atom. The number of nitrogens with one attached hydrogen (secondary N) is 1. The van der Waals surface area contributed by atoms with Gasteiger partial charge in [0.25, 0.3) is 0 Å². The minimum absolute atomic E-state index is 0.0962. The summed E-state index contributed by atoms with van der Waals surface area (Å²) in [6, 6.07) is 5.55. The molecule has 0 spiro atoms. The van der Waals surface area contributed by atoms with Crippen molar-refractivity contribution in [1.29, 1.82) is 0 Å². The van der Waals surface area contributed by atoms with Crippen molar-refractivity contribution < 1.29 is 14.3 Å². The SMILES string of the molecule is COc1ccc(OC)c(C(C)NC(=O)CCC2CCCC2)c1. The highest BCUT2D eigenvalue weighted by Crippen LogP contribution is 2.30. The highest BCUT2D eigenvalue weighted by atomic mass is 16.5. The number of methoxy groups -OCH3 is 2. The second kappa shape index (κ2) is 8.06. The van der Waals surface area contributed by atoms with Gasteiger partial charge in [-0.2, -0.15) is 0 Å². The van der Waals surface area contributed by atoms with Gasteiger partial charge in [-0.1, -0.05) is 25.7 Å². The molecule has 2 rings (SSSR count). The number of amides is 1. The molecule has 4 heteroatoms. The number of carbonyl (C=O) groups is 1. The first-order valence-electron chi connectivity index (χ1n) is 8.15. The number of hydrogen-bond acceptors (Lipinski definition) is 3. The van der Waals surface area contributed by atoms with Crippen molar-refractivity contribution in [3.63, 3.8) is 0 Å². The number of ether oxygens (including phenoxy) is 2. The van der Waals surface area contributed by atoms with E-state index in [9.17, 15) is 4.79 Å². The fourth-order valence-corrected chi connectivity index (χ4v) is 3.20. The van der Waals surface area contributed by atoms with Crippen LogP contribution in [0.2, 0.25) is 0 Å². The fraction of sp³-hybridized carbons (Fsp3) is 0.611. The van der Waals surface area contributed by atoms with Crippen LogP contribution < -0.4 is 14.8 Å². The Hall–Kier alpha value is -1.71. The molecule has 1 aromatic rings. The Bertz CT molecular complexity index is 495. The van der Waals surface area contributed by atoms with E-state index >= 15 is 0 Å². The third kappa shape index (κ3) is 4.39. The van der Waals surface area contributed by atoms with Gasteiger partial charge < -0.3 is 14.8 Å². The van der Waals surface area contributed by atoms with Crippen LogP contribution in [-0.4, -0.2) is 20.1 Å². The van der Waals surface area contributed by atoms with Gasteiger partial charge in [-0.15, -0.1) is 0 Å². The van der Waals surface area contributed by atoms with E-state index in [0.717, 1.165) is 29.4 Å². The molecule has 0 aromatic heterocycles. The Kier molecular flexibility index (Phi) is 6.10. The summed E-state index contributed by atoms with van der Waals surface area (Å²) >= 11 is 0. The normalized spacial score (nSPS) is 16.3. The second-order valence-electron chi connectivity index (χ2n) is 6.09. The van der Waals surface area contributed by atoms with Crippen LogP contribution in [0.5, 0.6) is 11.5 Å². The van der Waals surface area contributed by atoms with E-state index in [-0.39, 0.29) is 11.9 Å². The molecule has 1 fully saturated rings. The Labute approximate surface area is 133 Å². The predicted octanol–water partition coefficient (Wildman–Crippen LogP) is 3.85. The summed E-state index contributed by atoms with van der Waals surface area (Å²) < 4.78 is 10.6. The molecule has 1 unspecified atom stereocenters. The van der Waals surface area contributed by atoms with Gasteiger partial charge in [0, 0.05) is 12.0 Å². The average Bonchev–Trinajstić information content (AvgIpc) is 3.05. The molecule has 1 aliphatic carbocycles. The summed E-state index contributed by atoms with van der Waals surface area (Å²) in [6.07, 6.45) is 6.83. The van der Waals surface area contributed by atoms with Crippen LogP contribution in [0.15, 0.2) is 18.2 Å². The molecule has 0 saturated heterocycles. The molecule has 122 valence electrons. The highest BCUT2D eigenvalue weighted by Gasteiger charge is 2.18. The zero-order valence-electron chi connectivity index (χ0n) is 13.9. The van der Waals surface area contributed by atoms with Crippen molar-refractivity contribution in [3.05, 3.63) is 23.8 Å². The molecule has 1 aromatic carbocycles. The molecule has 0 radical (unpaired) electrons. The molecule has 1 N–H and O–H groups in total. The number of rotatable bonds is 7. The second-order valence-corrected chi connectivity index (χ2v) is 6.09. The number of benzene rings is 1. The third-order valence-corrected chi connectivity index (χ3v) is 4.54. The zero-order valence-corrected chi connectivity index (χ0v) is 13.9. The average molecular weight is 305 g/mol. The zero-order chi connectivity index (χ0) is 15.9. The van der Waals surface area contributed by atoms with Gasteiger partial charge in [0.15, 0.2) is 0 Å². The van der Waals surface area contributed by atoms with E-state index in [1.165, 1.54) is 25.7 Å². The molecular formula is C18H27NO3. The molecule has 0 bridgehead atoms. The lowest BCUT2D eigenvalue weighted by Gasteiger charge is -2.18. The Balaban J connectivity index is 1.92. The van der Waals surface area contributed by atoms with Gasteiger partial charge in [0.2, 0.25) is 5.91 Å². The maximum Gasteiger partial charge on any atom is 0.220 e. The smallest absolute Gasteiger partial charge is 0.220 e. The summed E-state index contributed by atoms with van der Waals surface area (Å²) in [5, 5.41) is 3.07. The standard InChI is InChI=1S/C18H27NO3/c1-13(16-12-15(21-2)9-10-17(16)22-3)19-18(20)11-8-14-6-4-5-7-14/h9-10,12-14H,4-8,11H2,1-3H3,(H,19,20). The van der Waals surface area contributed by atoms with Crippen molar-refractivity contribution in [2.75, 3.05) is 14.2 Å². The van der Waals surface area contributed by atoms with E-state index in [2.05, 4.69) is 5.32 Å². The van der Waals surface area contributed by atoms with Crippen LogP contribution in [0.25, 0.3) is 0 Å². The van der Waals surface area contributed by atoms with Crippen molar-refractivity contribution in [1.82, 2.24) is 5.32 Å². The van der Waals surface area contributed by atoms with Crippen molar-refractivity contribution >= 4 is 5.91 Å². The Morgan fingerprint density at radius 2 is 2.00 bits per heavy atom. The molecule has 1 saturated carbocycles. The quantitative estimate of drug-likeness (QED) is 0.832. The third-order valence-electron chi connectivity index (χ3n) is 4.54. The van der Waals surface area contributed by atoms with Crippen molar-refractivity contribution in [2.24, 2.45) is 5.92 Å². The maximum atomic E-state index is 12.2. The molecule has 1 aliphatic rings. The van der Waals surface area contributed by atoms with E-state index < -0.39 is 0 Å². The molecule has 1 atom stereocenters. The maximum absolute atomic E-state index is 12.2. The van der Waals surface area contributed by atoms with Gasteiger partial charge in [-0.05, 0) is 37.5 Å². The lowest BCUT2D eigenvalue weighted by atomic mass is 10.0. The molecule has 0 aliphatic heterocycles. The number of carbonyl (C=O) groups excluding carboxylic acids is 1. The van der Waals surface area contributed by atoms with E-state index in [1.807, 2.05) is 25.1 Å². The van der Waals surface area contributed by atoms with Gasteiger partial charge in [0.1, 0.15) is 11.5 Å². The summed E-state index contributed by atoms with van der Waals surface area (Å²) in [5.41, 5.74) is 0.941. The van der Waals surface area contributed by atoms with Crippen LogP contribution in [0.1, 0.15) is 57.1 Å². The molecule has 4 nitrogen and oxygen atoms in total. The molecular weight excluding hydrogens is 278 g/mol.